The maximum absolute atomic E-state index is 2.20. The second-order valence-corrected chi connectivity index (χ2v) is 4.34. The minimum Gasteiger partial charge on any atom is -0.0913 e. The zero-order chi connectivity index (χ0) is 12.1. The molecule has 0 N–H and O–H groups in total. The lowest BCUT2D eigenvalue weighted by atomic mass is 10.0. The summed E-state index contributed by atoms with van der Waals surface area (Å²) in [6.07, 6.45) is 5.29. The molecule has 0 fully saturated rings. The molecule has 0 saturated heterocycles. The van der Waals surface area contributed by atoms with Crippen molar-refractivity contribution < 1.29 is 0 Å². The van der Waals surface area contributed by atoms with Crippen LogP contribution in [-0.2, 0) is 6.42 Å². The molecule has 86 valence electrons. The van der Waals surface area contributed by atoms with Gasteiger partial charge in [0.2, 0.25) is 0 Å². The van der Waals surface area contributed by atoms with E-state index in [-0.39, 0.29) is 0 Å². The molecule has 0 amide bonds. The van der Waals surface area contributed by atoms with Gasteiger partial charge in [0.1, 0.15) is 0 Å². The molecule has 0 bridgehead atoms. The van der Waals surface area contributed by atoms with Crippen LogP contribution >= 0.6 is 0 Å². The molecular formula is C17H18. The first kappa shape index (κ1) is 11.7. The molecular weight excluding hydrogens is 204 g/mol. The Morgan fingerprint density at radius 3 is 1.88 bits per heavy atom. The summed E-state index contributed by atoms with van der Waals surface area (Å²) in [6, 6.07) is 17.5. The van der Waals surface area contributed by atoms with E-state index in [0.29, 0.717) is 0 Å². The fourth-order valence-corrected chi connectivity index (χ4v) is 1.83. The van der Waals surface area contributed by atoms with Gasteiger partial charge in [0.25, 0.3) is 0 Å². The van der Waals surface area contributed by atoms with Gasteiger partial charge in [-0.25, -0.2) is 0 Å². The maximum Gasteiger partial charge on any atom is -0.00976 e. The number of aryl methyl sites for hydroxylation is 1. The van der Waals surface area contributed by atoms with Crippen LogP contribution in [0.3, 0.4) is 0 Å². The van der Waals surface area contributed by atoms with E-state index >= 15 is 0 Å². The van der Waals surface area contributed by atoms with Crippen LogP contribution in [0, 0.1) is 6.92 Å². The van der Waals surface area contributed by atoms with Gasteiger partial charge in [-0.15, -0.1) is 0 Å². The minimum atomic E-state index is 1.02. The third kappa shape index (κ3) is 3.07. The number of hydrogen-bond donors (Lipinski definition) is 0. The van der Waals surface area contributed by atoms with Crippen molar-refractivity contribution in [2.45, 2.75) is 20.3 Å². The number of hydrogen-bond acceptors (Lipinski definition) is 0. The van der Waals surface area contributed by atoms with Crippen LogP contribution < -0.4 is 0 Å². The summed E-state index contributed by atoms with van der Waals surface area (Å²) < 4.78 is 0. The largest absolute Gasteiger partial charge is 0.0913 e. The average molecular weight is 222 g/mol. The molecule has 0 aliphatic heterocycles. The van der Waals surface area contributed by atoms with Crippen molar-refractivity contribution >= 4 is 0 Å². The third-order valence-corrected chi connectivity index (χ3v) is 2.93. The van der Waals surface area contributed by atoms with E-state index in [0.717, 1.165) is 6.42 Å². The molecule has 17 heavy (non-hydrogen) atoms. The number of allylic oxidation sites excluding steroid dienone is 2. The second-order valence-electron chi connectivity index (χ2n) is 4.34. The van der Waals surface area contributed by atoms with E-state index in [1.807, 2.05) is 0 Å². The summed E-state index contributed by atoms with van der Waals surface area (Å²) in [5, 5.41) is 0. The van der Waals surface area contributed by atoms with E-state index in [1.54, 1.807) is 0 Å². The lowest BCUT2D eigenvalue weighted by Gasteiger charge is -2.03. The van der Waals surface area contributed by atoms with E-state index in [4.69, 9.17) is 0 Å². The molecule has 2 rings (SSSR count). The Morgan fingerprint density at radius 2 is 1.35 bits per heavy atom. The molecule has 0 nitrogen and oxygen atoms in total. The van der Waals surface area contributed by atoms with Crippen LogP contribution in [0.5, 0.6) is 0 Å². The molecule has 0 heteroatoms. The highest BCUT2D eigenvalue weighted by molar-refractivity contribution is 5.63. The van der Waals surface area contributed by atoms with Gasteiger partial charge in [-0.3, -0.25) is 0 Å². The summed E-state index contributed by atoms with van der Waals surface area (Å²) in [5.74, 6) is 0. The Morgan fingerprint density at radius 1 is 0.824 bits per heavy atom. The highest BCUT2D eigenvalue weighted by Crippen LogP contribution is 2.20. The summed E-state index contributed by atoms with van der Waals surface area (Å²) in [7, 11) is 0. The van der Waals surface area contributed by atoms with Crippen LogP contribution in [-0.4, -0.2) is 0 Å². The summed E-state index contributed by atoms with van der Waals surface area (Å²) in [4.78, 5) is 0. The first-order valence-electron chi connectivity index (χ1n) is 6.07. The third-order valence-electron chi connectivity index (χ3n) is 2.93. The van der Waals surface area contributed by atoms with Gasteiger partial charge in [0, 0.05) is 0 Å². The van der Waals surface area contributed by atoms with Gasteiger partial charge in [-0.2, -0.15) is 0 Å². The molecule has 0 saturated carbocycles. The Labute approximate surface area is 104 Å². The van der Waals surface area contributed by atoms with Crippen molar-refractivity contribution in [1.82, 2.24) is 0 Å². The lowest BCUT2D eigenvalue weighted by Crippen LogP contribution is -1.82. The van der Waals surface area contributed by atoms with Crippen LogP contribution in [0.2, 0.25) is 0 Å². The van der Waals surface area contributed by atoms with E-state index in [2.05, 4.69) is 74.5 Å². The average Bonchev–Trinajstić information content (AvgIpc) is 2.38. The van der Waals surface area contributed by atoms with Gasteiger partial charge < -0.3 is 0 Å². The van der Waals surface area contributed by atoms with Crippen molar-refractivity contribution in [3.05, 3.63) is 71.8 Å². The van der Waals surface area contributed by atoms with Crippen LogP contribution in [0.25, 0.3) is 11.1 Å². The van der Waals surface area contributed by atoms with Crippen LogP contribution in [0.1, 0.15) is 18.1 Å². The van der Waals surface area contributed by atoms with Gasteiger partial charge in [-0.05, 0) is 37.0 Å². The predicted molar refractivity (Wildman–Crippen MR) is 75.1 cm³/mol. The van der Waals surface area contributed by atoms with Gasteiger partial charge in [0.05, 0.1) is 0 Å². The predicted octanol–water partition coefficient (Wildman–Crippen LogP) is 4.78. The molecule has 0 spiro atoms. The topological polar surface area (TPSA) is 0 Å². The first-order chi connectivity index (χ1) is 8.29. The molecule has 0 radical (unpaired) electrons. The summed E-state index contributed by atoms with van der Waals surface area (Å²) in [6.45, 7) is 4.17. The fourth-order valence-electron chi connectivity index (χ4n) is 1.83. The number of rotatable bonds is 3. The zero-order valence-corrected chi connectivity index (χ0v) is 10.5. The van der Waals surface area contributed by atoms with Crippen molar-refractivity contribution in [3.63, 3.8) is 0 Å². The van der Waals surface area contributed by atoms with Gasteiger partial charge in [-0.1, -0.05) is 66.2 Å². The van der Waals surface area contributed by atoms with Crippen molar-refractivity contribution in [2.24, 2.45) is 0 Å². The molecule has 0 heterocycles. The molecule has 0 atom stereocenters. The quantitative estimate of drug-likeness (QED) is 0.655. The number of benzene rings is 2. The molecule has 0 aliphatic carbocycles. The highest BCUT2D eigenvalue weighted by Gasteiger charge is 1.97. The Kier molecular flexibility index (Phi) is 3.77. The van der Waals surface area contributed by atoms with Crippen LogP contribution in [0.4, 0.5) is 0 Å². The Hall–Kier alpha value is -1.82. The summed E-state index contributed by atoms with van der Waals surface area (Å²) in [5.41, 5.74) is 5.24. The van der Waals surface area contributed by atoms with E-state index in [9.17, 15) is 0 Å². The SMILES string of the molecule is C/C=C/Cc1ccc(-c2ccc(C)cc2)cc1. The minimum absolute atomic E-state index is 1.02. The molecule has 2 aromatic rings. The molecule has 0 aliphatic rings. The standard InChI is InChI=1S/C17H18/c1-3-4-5-15-8-12-17(13-9-15)16-10-6-14(2)7-11-16/h3-4,6-13H,5H2,1-2H3/b4-3+. The molecule has 0 aromatic heterocycles. The van der Waals surface area contributed by atoms with Crippen molar-refractivity contribution in [2.75, 3.05) is 0 Å². The second kappa shape index (κ2) is 5.49. The highest BCUT2D eigenvalue weighted by atomic mass is 14.0. The smallest absolute Gasteiger partial charge is 0.00976 e. The van der Waals surface area contributed by atoms with E-state index in [1.165, 1.54) is 22.3 Å². The summed E-state index contributed by atoms with van der Waals surface area (Å²) >= 11 is 0. The van der Waals surface area contributed by atoms with Crippen molar-refractivity contribution in [3.8, 4) is 11.1 Å². The molecule has 0 unspecified atom stereocenters. The molecule has 2 aromatic carbocycles. The Bertz CT molecular complexity index is 487. The lowest BCUT2D eigenvalue weighted by molar-refractivity contribution is 1.26. The fraction of sp³-hybridized carbons (Fsp3) is 0.176. The Balaban J connectivity index is 2.20. The van der Waals surface area contributed by atoms with Gasteiger partial charge in [0.15, 0.2) is 0 Å². The maximum atomic E-state index is 2.20. The monoisotopic (exact) mass is 222 g/mol. The van der Waals surface area contributed by atoms with Crippen molar-refractivity contribution in [1.29, 1.82) is 0 Å². The first-order valence-corrected chi connectivity index (χ1v) is 6.07. The van der Waals surface area contributed by atoms with E-state index < -0.39 is 0 Å². The normalized spacial score (nSPS) is 10.9. The van der Waals surface area contributed by atoms with Crippen LogP contribution in [0.15, 0.2) is 60.7 Å². The zero-order valence-electron chi connectivity index (χ0n) is 10.5. The van der Waals surface area contributed by atoms with Gasteiger partial charge >= 0.3 is 0 Å².